The molecule has 1 saturated carbocycles. The van der Waals surface area contributed by atoms with Gasteiger partial charge in [-0.25, -0.2) is 0 Å². The standard InChI is InChI=1S/C31H40ClN5O2/c1-6-37(26-11-9-25(10-12-26)36(5)19-23-8-7-13-33-17-23)29-16-24(32)15-27(21(29)3)31(39)34-18-28-22(4)35-20(2)14-30(28)38/h7-8,13-17,25-26H,6,9-12,18-19H2,1-5H3,(H,34,39)(H,35,38). The molecule has 4 rings (SSSR count). The van der Waals surface area contributed by atoms with Gasteiger partial charge in [0.1, 0.15) is 0 Å². The Labute approximate surface area is 236 Å². The van der Waals surface area contributed by atoms with Crippen LogP contribution in [0.5, 0.6) is 0 Å². The Morgan fingerprint density at radius 2 is 1.85 bits per heavy atom. The van der Waals surface area contributed by atoms with Crippen LogP contribution in [0.3, 0.4) is 0 Å². The number of rotatable bonds is 9. The molecule has 0 atom stereocenters. The third kappa shape index (κ3) is 6.89. The molecule has 3 aromatic rings. The third-order valence-electron chi connectivity index (χ3n) is 8.03. The zero-order chi connectivity index (χ0) is 28.1. The summed E-state index contributed by atoms with van der Waals surface area (Å²) in [6.45, 7) is 9.74. The molecular formula is C31H40ClN5O2. The van der Waals surface area contributed by atoms with Gasteiger partial charge in [0.05, 0.1) is 0 Å². The Hall–Kier alpha value is -3.16. The number of anilines is 1. The van der Waals surface area contributed by atoms with Gasteiger partial charge >= 0.3 is 0 Å². The SMILES string of the molecule is CCN(c1cc(Cl)cc(C(=O)NCc2c(C)[nH]c(C)cc2=O)c1C)C1CCC(N(C)Cc2cccnc2)CC1. The van der Waals surface area contributed by atoms with Crippen LogP contribution < -0.4 is 15.6 Å². The molecule has 2 N–H and O–H groups in total. The molecule has 8 heteroatoms. The van der Waals surface area contributed by atoms with Gasteiger partial charge < -0.3 is 15.2 Å². The molecule has 1 amide bonds. The zero-order valence-electron chi connectivity index (χ0n) is 23.7. The summed E-state index contributed by atoms with van der Waals surface area (Å²) in [5.41, 5.74) is 5.75. The van der Waals surface area contributed by atoms with E-state index in [1.165, 1.54) is 5.56 Å². The fourth-order valence-electron chi connectivity index (χ4n) is 5.90. The van der Waals surface area contributed by atoms with E-state index in [1.54, 1.807) is 12.1 Å². The number of amides is 1. The summed E-state index contributed by atoms with van der Waals surface area (Å²) in [6.07, 6.45) is 8.16. The number of pyridine rings is 2. The maximum absolute atomic E-state index is 13.3. The molecule has 1 aromatic carbocycles. The van der Waals surface area contributed by atoms with Crippen LogP contribution in [0.2, 0.25) is 5.02 Å². The average Bonchev–Trinajstić information content (AvgIpc) is 2.91. The van der Waals surface area contributed by atoms with E-state index in [1.807, 2.05) is 45.3 Å². The number of H-pyrrole nitrogens is 1. The third-order valence-corrected chi connectivity index (χ3v) is 8.25. The molecule has 0 aliphatic heterocycles. The summed E-state index contributed by atoms with van der Waals surface area (Å²) >= 11 is 6.56. The second kappa shape index (κ2) is 12.8. The lowest BCUT2D eigenvalue weighted by atomic mass is 9.88. The van der Waals surface area contributed by atoms with Crippen LogP contribution in [0.25, 0.3) is 0 Å². The second-order valence-corrected chi connectivity index (χ2v) is 11.2. The van der Waals surface area contributed by atoms with Crippen LogP contribution in [-0.4, -0.2) is 46.5 Å². The quantitative estimate of drug-likeness (QED) is 0.366. The second-order valence-electron chi connectivity index (χ2n) is 10.7. The van der Waals surface area contributed by atoms with E-state index in [0.717, 1.165) is 61.4 Å². The van der Waals surface area contributed by atoms with Gasteiger partial charge in [0.15, 0.2) is 5.43 Å². The first kappa shape index (κ1) is 28.8. The van der Waals surface area contributed by atoms with Crippen molar-refractivity contribution in [2.75, 3.05) is 18.5 Å². The minimum atomic E-state index is -0.229. The van der Waals surface area contributed by atoms with Gasteiger partial charge in [-0.05, 0) is 89.8 Å². The van der Waals surface area contributed by atoms with E-state index in [0.29, 0.717) is 28.2 Å². The monoisotopic (exact) mass is 549 g/mol. The number of aryl methyl sites for hydroxylation is 2. The number of carbonyl (C=O) groups is 1. The molecule has 208 valence electrons. The van der Waals surface area contributed by atoms with Crippen molar-refractivity contribution < 1.29 is 4.79 Å². The van der Waals surface area contributed by atoms with Crippen LogP contribution in [0.15, 0.2) is 47.5 Å². The molecule has 1 aliphatic carbocycles. The molecule has 7 nitrogen and oxygen atoms in total. The van der Waals surface area contributed by atoms with Crippen LogP contribution in [0.4, 0.5) is 5.69 Å². The molecule has 1 fully saturated rings. The Morgan fingerprint density at radius 3 is 2.49 bits per heavy atom. The maximum atomic E-state index is 13.3. The topological polar surface area (TPSA) is 81.3 Å². The van der Waals surface area contributed by atoms with Gasteiger partial charge in [0.2, 0.25) is 0 Å². The summed E-state index contributed by atoms with van der Waals surface area (Å²) in [5.74, 6) is -0.229. The van der Waals surface area contributed by atoms with Crippen LogP contribution in [-0.2, 0) is 13.1 Å². The largest absolute Gasteiger partial charge is 0.369 e. The maximum Gasteiger partial charge on any atom is 0.251 e. The number of benzene rings is 1. The number of hydrogen-bond acceptors (Lipinski definition) is 5. The van der Waals surface area contributed by atoms with Crippen molar-refractivity contribution >= 4 is 23.2 Å². The summed E-state index contributed by atoms with van der Waals surface area (Å²) < 4.78 is 0. The highest BCUT2D eigenvalue weighted by Crippen LogP contribution is 2.34. The minimum absolute atomic E-state index is 0.0774. The molecule has 2 heterocycles. The fourth-order valence-corrected chi connectivity index (χ4v) is 6.12. The van der Waals surface area contributed by atoms with Gasteiger partial charge in [0, 0.05) is 83.4 Å². The van der Waals surface area contributed by atoms with Crippen molar-refractivity contribution in [3.63, 3.8) is 0 Å². The first-order valence-electron chi connectivity index (χ1n) is 13.8. The summed E-state index contributed by atoms with van der Waals surface area (Å²) in [7, 11) is 2.20. The van der Waals surface area contributed by atoms with E-state index in [2.05, 4.69) is 45.1 Å². The zero-order valence-corrected chi connectivity index (χ0v) is 24.4. The lowest BCUT2D eigenvalue weighted by molar-refractivity contribution is 0.0950. The Morgan fingerprint density at radius 1 is 1.13 bits per heavy atom. The van der Waals surface area contributed by atoms with E-state index < -0.39 is 0 Å². The lowest BCUT2D eigenvalue weighted by Gasteiger charge is -2.41. The smallest absolute Gasteiger partial charge is 0.251 e. The van der Waals surface area contributed by atoms with E-state index >= 15 is 0 Å². The van der Waals surface area contributed by atoms with Crippen molar-refractivity contribution in [3.8, 4) is 0 Å². The van der Waals surface area contributed by atoms with Crippen molar-refractivity contribution in [2.24, 2.45) is 0 Å². The number of aromatic amines is 1. The van der Waals surface area contributed by atoms with Gasteiger partial charge in [-0.2, -0.15) is 0 Å². The number of nitrogens with zero attached hydrogens (tertiary/aromatic N) is 3. The molecule has 2 aromatic heterocycles. The Balaban J connectivity index is 1.45. The van der Waals surface area contributed by atoms with Crippen LogP contribution >= 0.6 is 11.6 Å². The summed E-state index contributed by atoms with van der Waals surface area (Å²) in [6, 6.07) is 10.3. The predicted octanol–water partition coefficient (Wildman–Crippen LogP) is 5.55. The average molecular weight is 550 g/mol. The van der Waals surface area contributed by atoms with Gasteiger partial charge in [0.25, 0.3) is 5.91 Å². The predicted molar refractivity (Wildman–Crippen MR) is 159 cm³/mol. The highest BCUT2D eigenvalue weighted by molar-refractivity contribution is 6.31. The highest BCUT2D eigenvalue weighted by Gasteiger charge is 2.29. The van der Waals surface area contributed by atoms with E-state index in [-0.39, 0.29) is 17.9 Å². The Bertz CT molecular complexity index is 1350. The molecule has 0 unspecified atom stereocenters. The van der Waals surface area contributed by atoms with Crippen molar-refractivity contribution in [1.29, 1.82) is 0 Å². The van der Waals surface area contributed by atoms with Gasteiger partial charge in [-0.15, -0.1) is 0 Å². The van der Waals surface area contributed by atoms with E-state index in [4.69, 9.17) is 11.6 Å². The van der Waals surface area contributed by atoms with Crippen LogP contribution in [0, 0.1) is 20.8 Å². The van der Waals surface area contributed by atoms with Gasteiger partial charge in [-0.1, -0.05) is 17.7 Å². The summed E-state index contributed by atoms with van der Waals surface area (Å²) in [4.78, 5) is 38.0. The fraction of sp³-hybridized carbons (Fsp3) is 0.452. The number of nitrogens with one attached hydrogen (secondary N) is 2. The first-order chi connectivity index (χ1) is 18.7. The number of carbonyl (C=O) groups excluding carboxylic acids is 1. The van der Waals surface area contributed by atoms with Crippen molar-refractivity contribution in [2.45, 2.75) is 78.6 Å². The number of hydrogen-bond donors (Lipinski definition) is 2. The number of aromatic nitrogens is 2. The molecule has 0 spiro atoms. The molecule has 39 heavy (non-hydrogen) atoms. The normalized spacial score (nSPS) is 17.3. The molecule has 0 saturated heterocycles. The Kier molecular flexibility index (Phi) is 9.46. The molecular weight excluding hydrogens is 510 g/mol. The molecule has 0 radical (unpaired) electrons. The summed E-state index contributed by atoms with van der Waals surface area (Å²) in [5, 5.41) is 3.48. The van der Waals surface area contributed by atoms with Crippen molar-refractivity contribution in [3.05, 3.63) is 91.6 Å². The van der Waals surface area contributed by atoms with Gasteiger partial charge in [-0.3, -0.25) is 19.5 Å². The highest BCUT2D eigenvalue weighted by atomic mass is 35.5. The molecule has 0 bridgehead atoms. The first-order valence-corrected chi connectivity index (χ1v) is 14.2. The lowest BCUT2D eigenvalue weighted by Crippen LogP contribution is -2.43. The van der Waals surface area contributed by atoms with E-state index in [9.17, 15) is 9.59 Å². The van der Waals surface area contributed by atoms with Crippen LogP contribution in [0.1, 0.15) is 71.0 Å². The molecule has 1 aliphatic rings. The number of halogens is 1. The minimum Gasteiger partial charge on any atom is -0.369 e. The van der Waals surface area contributed by atoms with Crippen molar-refractivity contribution in [1.82, 2.24) is 20.2 Å².